The molecule has 0 spiro atoms. The van der Waals surface area contributed by atoms with Crippen LogP contribution in [-0.2, 0) is 13.6 Å². The minimum atomic E-state index is -4.13. The van der Waals surface area contributed by atoms with Crippen LogP contribution in [0.3, 0.4) is 0 Å². The van der Waals surface area contributed by atoms with Crippen molar-refractivity contribution in [2.24, 2.45) is 0 Å². The largest absolute Gasteiger partial charge is 0.472 e. The van der Waals surface area contributed by atoms with E-state index in [1.54, 1.807) is 0 Å². The third-order valence-corrected chi connectivity index (χ3v) is 8.62. The van der Waals surface area contributed by atoms with E-state index in [-0.39, 0.29) is 11.9 Å². The highest BCUT2D eigenvalue weighted by atomic mass is 32.2. The molecule has 7 heteroatoms. The van der Waals surface area contributed by atoms with Crippen molar-refractivity contribution in [1.82, 2.24) is 0 Å². The van der Waals surface area contributed by atoms with Crippen LogP contribution in [-0.4, -0.2) is 34.5 Å². The second kappa shape index (κ2) is 20.6. The SMILES string of the molecule is CCCCCCCCCCCSC(CCCCCC)C(C)OP(=O)(OCCC)C(=O)O. The van der Waals surface area contributed by atoms with Crippen molar-refractivity contribution >= 4 is 25.1 Å². The Labute approximate surface area is 196 Å². The van der Waals surface area contributed by atoms with Crippen molar-refractivity contribution in [3.05, 3.63) is 0 Å². The number of rotatable bonds is 23. The van der Waals surface area contributed by atoms with E-state index in [1.165, 1.54) is 77.0 Å². The Bertz CT molecular complexity index is 475. The Morgan fingerprint density at radius 2 is 1.35 bits per heavy atom. The van der Waals surface area contributed by atoms with Crippen LogP contribution in [0.1, 0.15) is 124 Å². The highest BCUT2D eigenvalue weighted by Gasteiger charge is 2.38. The molecule has 0 radical (unpaired) electrons. The lowest BCUT2D eigenvalue weighted by Crippen LogP contribution is -2.25. The molecule has 0 aliphatic heterocycles. The van der Waals surface area contributed by atoms with Gasteiger partial charge in [0.05, 0.1) is 12.7 Å². The maximum Gasteiger partial charge on any atom is 0.438 e. The normalized spacial score (nSPS) is 15.5. The van der Waals surface area contributed by atoms with Gasteiger partial charge in [-0.15, -0.1) is 0 Å². The van der Waals surface area contributed by atoms with Gasteiger partial charge in [-0.2, -0.15) is 11.8 Å². The van der Waals surface area contributed by atoms with E-state index in [4.69, 9.17) is 9.05 Å². The van der Waals surface area contributed by atoms with Gasteiger partial charge in [0.15, 0.2) is 0 Å². The molecule has 0 amide bonds. The number of carbonyl (C=O) groups is 1. The zero-order valence-electron chi connectivity index (χ0n) is 20.6. The van der Waals surface area contributed by atoms with Gasteiger partial charge < -0.3 is 9.63 Å². The fraction of sp³-hybridized carbons (Fsp3) is 0.958. The van der Waals surface area contributed by atoms with Crippen molar-refractivity contribution < 1.29 is 23.5 Å². The molecule has 0 aromatic rings. The second-order valence-electron chi connectivity index (χ2n) is 8.51. The first-order valence-corrected chi connectivity index (χ1v) is 15.3. The molecule has 0 bridgehead atoms. The molecule has 31 heavy (non-hydrogen) atoms. The van der Waals surface area contributed by atoms with Gasteiger partial charge in [-0.05, 0) is 31.9 Å². The van der Waals surface area contributed by atoms with Gasteiger partial charge >= 0.3 is 13.3 Å². The van der Waals surface area contributed by atoms with Gasteiger partial charge in [0.25, 0.3) is 0 Å². The Hall–Kier alpha value is -0.0300. The molecular weight excluding hydrogens is 431 g/mol. The number of carboxylic acid groups (broad SMARTS) is 1. The molecule has 3 unspecified atom stereocenters. The summed E-state index contributed by atoms with van der Waals surface area (Å²) in [4.78, 5) is 11.5. The molecule has 3 atom stereocenters. The van der Waals surface area contributed by atoms with Crippen molar-refractivity contribution in [2.45, 2.75) is 135 Å². The van der Waals surface area contributed by atoms with Crippen molar-refractivity contribution in [2.75, 3.05) is 12.4 Å². The van der Waals surface area contributed by atoms with Crippen molar-refractivity contribution in [3.63, 3.8) is 0 Å². The first-order chi connectivity index (χ1) is 14.9. The van der Waals surface area contributed by atoms with Crippen LogP contribution >= 0.6 is 19.4 Å². The quantitative estimate of drug-likeness (QED) is 0.116. The molecule has 5 nitrogen and oxygen atoms in total. The summed E-state index contributed by atoms with van der Waals surface area (Å²) in [6.07, 6.45) is 17.5. The fourth-order valence-corrected chi connectivity index (χ4v) is 6.19. The molecule has 0 aliphatic rings. The van der Waals surface area contributed by atoms with Crippen LogP contribution in [0.5, 0.6) is 0 Å². The van der Waals surface area contributed by atoms with Crippen LogP contribution in [0.15, 0.2) is 0 Å². The minimum absolute atomic E-state index is 0.128. The lowest BCUT2D eigenvalue weighted by molar-refractivity contribution is 0.142. The maximum absolute atomic E-state index is 12.7. The topological polar surface area (TPSA) is 72.8 Å². The summed E-state index contributed by atoms with van der Waals surface area (Å²) in [7, 11) is -4.13. The summed E-state index contributed by atoms with van der Waals surface area (Å²) in [6, 6.07) is 0. The lowest BCUT2D eigenvalue weighted by Gasteiger charge is -2.26. The molecule has 0 aromatic heterocycles. The van der Waals surface area contributed by atoms with Crippen LogP contribution in [0.4, 0.5) is 4.79 Å². The first kappa shape index (κ1) is 31.0. The fourth-order valence-electron chi connectivity index (χ4n) is 3.50. The van der Waals surface area contributed by atoms with E-state index in [9.17, 15) is 14.5 Å². The summed E-state index contributed by atoms with van der Waals surface area (Å²) >= 11 is 1.84. The zero-order valence-corrected chi connectivity index (χ0v) is 22.3. The summed E-state index contributed by atoms with van der Waals surface area (Å²) < 4.78 is 23.4. The van der Waals surface area contributed by atoms with Crippen molar-refractivity contribution in [1.29, 1.82) is 0 Å². The Kier molecular flexibility index (Phi) is 20.5. The number of unbranched alkanes of at least 4 members (excludes halogenated alkanes) is 11. The molecule has 0 aromatic carbocycles. The third kappa shape index (κ3) is 16.3. The molecular formula is C24H49O5PS. The summed E-state index contributed by atoms with van der Waals surface area (Å²) in [5, 5.41) is 9.52. The lowest BCUT2D eigenvalue weighted by atomic mass is 10.1. The average molecular weight is 481 g/mol. The highest BCUT2D eigenvalue weighted by molar-refractivity contribution is 7.99. The zero-order chi connectivity index (χ0) is 23.4. The van der Waals surface area contributed by atoms with Crippen LogP contribution < -0.4 is 0 Å². The Balaban J connectivity index is 4.46. The molecule has 186 valence electrons. The second-order valence-corrected chi connectivity index (χ2v) is 11.7. The van der Waals surface area contributed by atoms with E-state index in [2.05, 4.69) is 13.8 Å². The van der Waals surface area contributed by atoms with Gasteiger partial charge in [0.1, 0.15) is 0 Å². The average Bonchev–Trinajstić information content (AvgIpc) is 2.74. The molecule has 1 N–H and O–H groups in total. The van der Waals surface area contributed by atoms with Gasteiger partial charge in [0.2, 0.25) is 0 Å². The smallest absolute Gasteiger partial charge is 0.438 e. The van der Waals surface area contributed by atoms with Crippen LogP contribution in [0.2, 0.25) is 0 Å². The molecule has 0 aliphatic carbocycles. The van der Waals surface area contributed by atoms with E-state index in [0.29, 0.717) is 6.42 Å². The Morgan fingerprint density at radius 3 is 1.87 bits per heavy atom. The number of hydrogen-bond acceptors (Lipinski definition) is 5. The van der Waals surface area contributed by atoms with E-state index < -0.39 is 19.4 Å². The Morgan fingerprint density at radius 1 is 0.839 bits per heavy atom. The van der Waals surface area contributed by atoms with Crippen LogP contribution in [0.25, 0.3) is 0 Å². The van der Waals surface area contributed by atoms with E-state index in [0.717, 1.165) is 18.6 Å². The van der Waals surface area contributed by atoms with Gasteiger partial charge in [-0.25, -0.2) is 9.36 Å². The van der Waals surface area contributed by atoms with Gasteiger partial charge in [0, 0.05) is 5.25 Å². The molecule has 0 heterocycles. The summed E-state index contributed by atoms with van der Waals surface area (Å²) in [5.74, 6) is 1.04. The van der Waals surface area contributed by atoms with E-state index in [1.807, 2.05) is 25.6 Å². The third-order valence-electron chi connectivity index (χ3n) is 5.45. The number of thioether (sulfide) groups is 1. The standard InChI is InChI=1S/C24H49O5PS/c1-5-8-10-12-13-14-15-16-18-21-31-23(19-17-11-9-6-2)22(4)29-30(27,24(25)26)28-20-7-3/h22-23H,5-21H2,1-4H3,(H,25,26). The summed E-state index contributed by atoms with van der Waals surface area (Å²) in [5.41, 5.74) is -1.48. The van der Waals surface area contributed by atoms with Crippen molar-refractivity contribution in [3.8, 4) is 0 Å². The summed E-state index contributed by atoms with van der Waals surface area (Å²) in [6.45, 7) is 8.27. The monoisotopic (exact) mass is 480 g/mol. The van der Waals surface area contributed by atoms with Gasteiger partial charge in [-0.1, -0.05) is 97.8 Å². The van der Waals surface area contributed by atoms with Crippen LogP contribution in [0, 0.1) is 0 Å². The molecule has 0 rings (SSSR count). The number of hydrogen-bond donors (Lipinski definition) is 1. The van der Waals surface area contributed by atoms with E-state index >= 15 is 0 Å². The molecule has 0 saturated heterocycles. The maximum atomic E-state index is 12.7. The predicted molar refractivity (Wildman–Crippen MR) is 135 cm³/mol. The first-order valence-electron chi connectivity index (χ1n) is 12.7. The minimum Gasteiger partial charge on any atom is -0.472 e. The molecule has 0 saturated carbocycles. The predicted octanol–water partition coefficient (Wildman–Crippen LogP) is 9.29. The highest BCUT2D eigenvalue weighted by Crippen LogP contribution is 2.51. The van der Waals surface area contributed by atoms with Gasteiger partial charge in [-0.3, -0.25) is 4.52 Å². The molecule has 0 fully saturated rings.